The Morgan fingerprint density at radius 3 is 2.32 bits per heavy atom. The average Bonchev–Trinajstić information content (AvgIpc) is 2.26. The number of carbonyl (C=O) groups excluding carboxylic acids is 1. The predicted octanol–water partition coefficient (Wildman–Crippen LogP) is 4.30. The monoisotopic (exact) mass is 369 g/mol. The number of rotatable bonds is 2. The summed E-state index contributed by atoms with van der Waals surface area (Å²) in [5.74, 6) is -0.568. The van der Waals surface area contributed by atoms with Crippen LogP contribution in [0.15, 0.2) is 36.4 Å². The molecule has 0 spiro atoms. The molecule has 0 saturated heterocycles. The molecule has 2 rings (SSSR count). The number of aryl methyl sites for hydroxylation is 2. The summed E-state index contributed by atoms with van der Waals surface area (Å²) in [4.78, 5) is 12.1. The minimum Gasteiger partial charge on any atom is -0.322 e. The van der Waals surface area contributed by atoms with E-state index < -0.39 is 0 Å². The molecule has 0 saturated carbocycles. The molecular weight excluding hydrogens is 356 g/mol. The summed E-state index contributed by atoms with van der Waals surface area (Å²) >= 11 is 1.96. The lowest BCUT2D eigenvalue weighted by Crippen LogP contribution is -2.13. The highest BCUT2D eigenvalue weighted by atomic mass is 127. The SMILES string of the molecule is Cc1cc(C)cc(NC(=O)c2ccc(F)cc2I)c1. The van der Waals surface area contributed by atoms with E-state index >= 15 is 0 Å². The van der Waals surface area contributed by atoms with Gasteiger partial charge >= 0.3 is 0 Å². The molecule has 1 N–H and O–H groups in total. The van der Waals surface area contributed by atoms with Crippen LogP contribution in [-0.4, -0.2) is 5.91 Å². The normalized spacial score (nSPS) is 10.3. The number of halogens is 2. The van der Waals surface area contributed by atoms with Crippen molar-refractivity contribution in [1.82, 2.24) is 0 Å². The van der Waals surface area contributed by atoms with Gasteiger partial charge in [0, 0.05) is 9.26 Å². The molecule has 0 bridgehead atoms. The van der Waals surface area contributed by atoms with Gasteiger partial charge in [-0.3, -0.25) is 4.79 Å². The zero-order valence-corrected chi connectivity index (χ0v) is 12.8. The fourth-order valence-corrected chi connectivity index (χ4v) is 2.64. The molecule has 0 radical (unpaired) electrons. The van der Waals surface area contributed by atoms with E-state index in [4.69, 9.17) is 0 Å². The Morgan fingerprint density at radius 2 is 1.74 bits per heavy atom. The van der Waals surface area contributed by atoms with E-state index in [1.54, 1.807) is 0 Å². The maximum absolute atomic E-state index is 13.0. The molecule has 0 fully saturated rings. The van der Waals surface area contributed by atoms with Gasteiger partial charge in [0.1, 0.15) is 5.82 Å². The van der Waals surface area contributed by atoms with Crippen LogP contribution in [0, 0.1) is 23.2 Å². The van der Waals surface area contributed by atoms with Crippen LogP contribution in [0.2, 0.25) is 0 Å². The lowest BCUT2D eigenvalue weighted by molar-refractivity contribution is 0.102. The van der Waals surface area contributed by atoms with Crippen LogP contribution in [0.1, 0.15) is 21.5 Å². The van der Waals surface area contributed by atoms with E-state index in [-0.39, 0.29) is 11.7 Å². The van der Waals surface area contributed by atoms with E-state index in [2.05, 4.69) is 5.32 Å². The van der Waals surface area contributed by atoms with E-state index in [9.17, 15) is 9.18 Å². The Labute approximate surface area is 125 Å². The first-order chi connectivity index (χ1) is 8.95. The smallest absolute Gasteiger partial charge is 0.256 e. The first-order valence-corrected chi connectivity index (χ1v) is 6.88. The molecule has 0 aliphatic heterocycles. The molecule has 2 nitrogen and oxygen atoms in total. The predicted molar refractivity (Wildman–Crippen MR) is 83.0 cm³/mol. The fraction of sp³-hybridized carbons (Fsp3) is 0.133. The molecule has 98 valence electrons. The van der Waals surface area contributed by atoms with Crippen molar-refractivity contribution in [3.8, 4) is 0 Å². The quantitative estimate of drug-likeness (QED) is 0.786. The van der Waals surface area contributed by atoms with Crippen LogP contribution in [-0.2, 0) is 0 Å². The number of hydrogen-bond acceptors (Lipinski definition) is 1. The summed E-state index contributed by atoms with van der Waals surface area (Å²) in [6.45, 7) is 3.95. The standard InChI is InChI=1S/C15H13FINO/c1-9-5-10(2)7-12(6-9)18-15(19)13-4-3-11(16)8-14(13)17/h3-8H,1-2H3,(H,18,19). The van der Waals surface area contributed by atoms with Crippen molar-refractivity contribution in [2.75, 3.05) is 5.32 Å². The van der Waals surface area contributed by atoms with Gasteiger partial charge in [0.25, 0.3) is 5.91 Å². The number of nitrogens with one attached hydrogen (secondary N) is 1. The Balaban J connectivity index is 2.25. The fourth-order valence-electron chi connectivity index (χ4n) is 1.92. The number of hydrogen-bond donors (Lipinski definition) is 1. The highest BCUT2D eigenvalue weighted by Crippen LogP contribution is 2.18. The molecule has 0 heterocycles. The molecule has 4 heteroatoms. The molecule has 2 aromatic rings. The average molecular weight is 369 g/mol. The van der Waals surface area contributed by atoms with Crippen LogP contribution < -0.4 is 5.32 Å². The van der Waals surface area contributed by atoms with Crippen molar-refractivity contribution < 1.29 is 9.18 Å². The minimum atomic E-state index is -0.340. The third-order valence-corrected chi connectivity index (χ3v) is 3.55. The summed E-state index contributed by atoms with van der Waals surface area (Å²) in [7, 11) is 0. The maximum atomic E-state index is 13.0. The van der Waals surface area contributed by atoms with Crippen LogP contribution in [0.3, 0.4) is 0 Å². The second-order valence-corrected chi connectivity index (χ2v) is 5.62. The third kappa shape index (κ3) is 3.53. The Kier molecular flexibility index (Phi) is 4.19. The second kappa shape index (κ2) is 5.69. The van der Waals surface area contributed by atoms with Gasteiger partial charge in [0.05, 0.1) is 5.56 Å². The summed E-state index contributed by atoms with van der Waals surface area (Å²) < 4.78 is 13.6. The summed E-state index contributed by atoms with van der Waals surface area (Å²) in [5.41, 5.74) is 3.40. The number of anilines is 1. The van der Waals surface area contributed by atoms with Crippen LogP contribution in [0.4, 0.5) is 10.1 Å². The van der Waals surface area contributed by atoms with Gasteiger partial charge in [-0.25, -0.2) is 4.39 Å². The van der Waals surface area contributed by atoms with Gasteiger partial charge in [0.15, 0.2) is 0 Å². The first-order valence-electron chi connectivity index (χ1n) is 5.80. The molecule has 0 aromatic heterocycles. The highest BCUT2D eigenvalue weighted by molar-refractivity contribution is 14.1. The molecule has 1 amide bonds. The van der Waals surface area contributed by atoms with E-state index in [0.29, 0.717) is 9.13 Å². The molecule has 2 aromatic carbocycles. The first kappa shape index (κ1) is 14.0. The Hall–Kier alpha value is -1.43. The number of benzene rings is 2. The summed E-state index contributed by atoms with van der Waals surface area (Å²) in [6.07, 6.45) is 0. The Morgan fingerprint density at radius 1 is 1.11 bits per heavy atom. The molecule has 0 aliphatic rings. The van der Waals surface area contributed by atoms with Crippen molar-refractivity contribution >= 4 is 34.2 Å². The minimum absolute atomic E-state index is 0.227. The number of carbonyl (C=O) groups is 1. The molecule has 0 unspecified atom stereocenters. The number of amides is 1. The topological polar surface area (TPSA) is 29.1 Å². The van der Waals surface area contributed by atoms with Gasteiger partial charge in [-0.05, 0) is 77.9 Å². The van der Waals surface area contributed by atoms with Gasteiger partial charge in [-0.2, -0.15) is 0 Å². The van der Waals surface area contributed by atoms with Gasteiger partial charge in [-0.1, -0.05) is 6.07 Å². The van der Waals surface area contributed by atoms with Gasteiger partial charge < -0.3 is 5.32 Å². The van der Waals surface area contributed by atoms with Crippen molar-refractivity contribution in [2.45, 2.75) is 13.8 Å². The lowest BCUT2D eigenvalue weighted by atomic mass is 10.1. The lowest BCUT2D eigenvalue weighted by Gasteiger charge is -2.09. The van der Waals surface area contributed by atoms with Crippen LogP contribution >= 0.6 is 22.6 Å². The van der Waals surface area contributed by atoms with Gasteiger partial charge in [-0.15, -0.1) is 0 Å². The van der Waals surface area contributed by atoms with Gasteiger partial charge in [0.2, 0.25) is 0 Å². The highest BCUT2D eigenvalue weighted by Gasteiger charge is 2.11. The van der Waals surface area contributed by atoms with Crippen molar-refractivity contribution in [3.63, 3.8) is 0 Å². The van der Waals surface area contributed by atoms with E-state index in [1.807, 2.05) is 54.6 Å². The summed E-state index contributed by atoms with van der Waals surface area (Å²) in [6, 6.07) is 9.98. The van der Waals surface area contributed by atoms with E-state index in [1.165, 1.54) is 18.2 Å². The van der Waals surface area contributed by atoms with Crippen LogP contribution in [0.5, 0.6) is 0 Å². The summed E-state index contributed by atoms with van der Waals surface area (Å²) in [5, 5.41) is 2.83. The van der Waals surface area contributed by atoms with Crippen molar-refractivity contribution in [3.05, 3.63) is 62.5 Å². The second-order valence-electron chi connectivity index (χ2n) is 4.45. The Bertz CT molecular complexity index is 620. The largest absolute Gasteiger partial charge is 0.322 e. The van der Waals surface area contributed by atoms with E-state index in [0.717, 1.165) is 16.8 Å². The molecule has 0 aliphatic carbocycles. The van der Waals surface area contributed by atoms with Crippen LogP contribution in [0.25, 0.3) is 0 Å². The molecule has 0 atom stereocenters. The van der Waals surface area contributed by atoms with Crippen molar-refractivity contribution in [2.24, 2.45) is 0 Å². The maximum Gasteiger partial charge on any atom is 0.256 e. The zero-order chi connectivity index (χ0) is 14.0. The zero-order valence-electron chi connectivity index (χ0n) is 10.6. The van der Waals surface area contributed by atoms with Crippen molar-refractivity contribution in [1.29, 1.82) is 0 Å². The molecular formula is C15H13FINO. The molecule has 19 heavy (non-hydrogen) atoms. The third-order valence-electron chi connectivity index (χ3n) is 2.66.